The van der Waals surface area contributed by atoms with Gasteiger partial charge in [0.05, 0.1) is 0 Å². The summed E-state index contributed by atoms with van der Waals surface area (Å²) in [5.41, 5.74) is 0.756. The average molecular weight is 258 g/mol. The first-order valence-corrected chi connectivity index (χ1v) is 6.83. The Bertz CT molecular complexity index is 535. The van der Waals surface area contributed by atoms with Crippen LogP contribution in [0.15, 0.2) is 34.7 Å². The summed E-state index contributed by atoms with van der Waals surface area (Å²) in [5.74, 6) is 0.273. The molecule has 100 valence electrons. The Hall–Kier alpha value is -1.81. The SMILES string of the molecule is O=C(NC1CCCCNC1)c1cc2ccccc2o1. The topological polar surface area (TPSA) is 54.3 Å². The molecule has 0 spiro atoms. The van der Waals surface area contributed by atoms with Gasteiger partial charge < -0.3 is 15.1 Å². The van der Waals surface area contributed by atoms with Crippen LogP contribution in [0.1, 0.15) is 29.8 Å². The van der Waals surface area contributed by atoms with Gasteiger partial charge in [-0.15, -0.1) is 0 Å². The van der Waals surface area contributed by atoms with Crippen molar-refractivity contribution in [2.24, 2.45) is 0 Å². The molecule has 4 nitrogen and oxygen atoms in total. The summed E-state index contributed by atoms with van der Waals surface area (Å²) in [7, 11) is 0. The molecule has 2 heterocycles. The van der Waals surface area contributed by atoms with Crippen LogP contribution in [-0.2, 0) is 0 Å². The van der Waals surface area contributed by atoms with Gasteiger partial charge in [-0.2, -0.15) is 0 Å². The summed E-state index contributed by atoms with van der Waals surface area (Å²) >= 11 is 0. The van der Waals surface area contributed by atoms with E-state index in [4.69, 9.17) is 4.42 Å². The van der Waals surface area contributed by atoms with Crippen LogP contribution in [0.5, 0.6) is 0 Å². The smallest absolute Gasteiger partial charge is 0.287 e. The molecule has 3 rings (SSSR count). The second-order valence-corrected chi connectivity index (χ2v) is 5.02. The van der Waals surface area contributed by atoms with Crippen molar-refractivity contribution in [1.29, 1.82) is 0 Å². The number of furan rings is 1. The zero-order valence-electron chi connectivity index (χ0n) is 10.8. The van der Waals surface area contributed by atoms with Crippen LogP contribution in [0.3, 0.4) is 0 Å². The molecule has 1 atom stereocenters. The van der Waals surface area contributed by atoms with Gasteiger partial charge in [-0.25, -0.2) is 0 Å². The van der Waals surface area contributed by atoms with Gasteiger partial charge in [0, 0.05) is 18.0 Å². The van der Waals surface area contributed by atoms with Gasteiger partial charge in [-0.1, -0.05) is 24.6 Å². The number of carbonyl (C=O) groups is 1. The van der Waals surface area contributed by atoms with E-state index in [0.717, 1.165) is 36.9 Å². The average Bonchev–Trinajstić information content (AvgIpc) is 2.70. The van der Waals surface area contributed by atoms with Gasteiger partial charge in [0.15, 0.2) is 5.76 Å². The lowest BCUT2D eigenvalue weighted by Gasteiger charge is -2.15. The highest BCUT2D eigenvalue weighted by Gasteiger charge is 2.18. The van der Waals surface area contributed by atoms with Crippen molar-refractivity contribution < 1.29 is 9.21 Å². The standard InChI is InChI=1S/C15H18N2O2/c18-15(17-12-6-3-4-8-16-10-12)14-9-11-5-1-2-7-13(11)19-14/h1-2,5,7,9,12,16H,3-4,6,8,10H2,(H,17,18). The number of benzene rings is 1. The highest BCUT2D eigenvalue weighted by atomic mass is 16.3. The third kappa shape index (κ3) is 2.79. The third-order valence-corrected chi connectivity index (χ3v) is 3.53. The zero-order valence-corrected chi connectivity index (χ0v) is 10.8. The minimum Gasteiger partial charge on any atom is -0.451 e. The monoisotopic (exact) mass is 258 g/mol. The van der Waals surface area contributed by atoms with E-state index < -0.39 is 0 Å². The van der Waals surface area contributed by atoms with Crippen LogP contribution in [0.25, 0.3) is 11.0 Å². The molecule has 2 aromatic rings. The second kappa shape index (κ2) is 5.45. The molecule has 1 unspecified atom stereocenters. The molecule has 1 aliphatic heterocycles. The Morgan fingerprint density at radius 2 is 2.21 bits per heavy atom. The van der Waals surface area contributed by atoms with Crippen LogP contribution < -0.4 is 10.6 Å². The Kier molecular flexibility index (Phi) is 3.51. The summed E-state index contributed by atoms with van der Waals surface area (Å²) in [6.07, 6.45) is 3.36. The predicted octanol–water partition coefficient (Wildman–Crippen LogP) is 2.30. The van der Waals surface area contributed by atoms with Gasteiger partial charge in [-0.3, -0.25) is 4.79 Å². The lowest BCUT2D eigenvalue weighted by Crippen LogP contribution is -2.40. The van der Waals surface area contributed by atoms with Gasteiger partial charge in [-0.05, 0) is 31.5 Å². The summed E-state index contributed by atoms with van der Waals surface area (Å²) in [6.45, 7) is 1.88. The van der Waals surface area contributed by atoms with Gasteiger partial charge >= 0.3 is 0 Å². The number of hydrogen-bond donors (Lipinski definition) is 2. The molecule has 1 aromatic carbocycles. The van der Waals surface area contributed by atoms with E-state index in [9.17, 15) is 4.79 Å². The maximum absolute atomic E-state index is 12.2. The van der Waals surface area contributed by atoms with Crippen LogP contribution in [-0.4, -0.2) is 25.0 Å². The van der Waals surface area contributed by atoms with Crippen LogP contribution >= 0.6 is 0 Å². The van der Waals surface area contributed by atoms with E-state index >= 15 is 0 Å². The molecule has 1 fully saturated rings. The number of amides is 1. The highest BCUT2D eigenvalue weighted by Crippen LogP contribution is 2.18. The number of para-hydroxylation sites is 1. The van der Waals surface area contributed by atoms with Crippen molar-refractivity contribution in [3.8, 4) is 0 Å². The highest BCUT2D eigenvalue weighted by molar-refractivity contribution is 5.96. The minimum atomic E-state index is -0.120. The lowest BCUT2D eigenvalue weighted by atomic mass is 10.1. The Morgan fingerprint density at radius 1 is 1.32 bits per heavy atom. The van der Waals surface area contributed by atoms with E-state index in [2.05, 4.69) is 10.6 Å². The largest absolute Gasteiger partial charge is 0.451 e. The van der Waals surface area contributed by atoms with Crippen LogP contribution in [0, 0.1) is 0 Å². The molecule has 1 aromatic heterocycles. The van der Waals surface area contributed by atoms with Crippen molar-refractivity contribution in [1.82, 2.24) is 10.6 Å². The maximum Gasteiger partial charge on any atom is 0.287 e. The molecule has 1 amide bonds. The molecule has 0 aliphatic carbocycles. The fraction of sp³-hybridized carbons (Fsp3) is 0.400. The van der Waals surface area contributed by atoms with Gasteiger partial charge in [0.25, 0.3) is 5.91 Å². The molecular weight excluding hydrogens is 240 g/mol. The number of nitrogens with one attached hydrogen (secondary N) is 2. The minimum absolute atomic E-state index is 0.120. The lowest BCUT2D eigenvalue weighted by molar-refractivity contribution is 0.0909. The molecule has 0 radical (unpaired) electrons. The van der Waals surface area contributed by atoms with Gasteiger partial charge in [0.2, 0.25) is 0 Å². The molecule has 1 saturated heterocycles. The van der Waals surface area contributed by atoms with E-state index in [1.807, 2.05) is 24.3 Å². The van der Waals surface area contributed by atoms with Crippen molar-refractivity contribution in [3.05, 3.63) is 36.1 Å². The molecule has 0 bridgehead atoms. The number of rotatable bonds is 2. The van der Waals surface area contributed by atoms with Crippen molar-refractivity contribution in [2.75, 3.05) is 13.1 Å². The Morgan fingerprint density at radius 3 is 3.11 bits per heavy atom. The van der Waals surface area contributed by atoms with Crippen molar-refractivity contribution >= 4 is 16.9 Å². The molecular formula is C15H18N2O2. The molecule has 2 N–H and O–H groups in total. The van der Waals surface area contributed by atoms with Crippen molar-refractivity contribution in [2.45, 2.75) is 25.3 Å². The van der Waals surface area contributed by atoms with Crippen LogP contribution in [0.2, 0.25) is 0 Å². The normalized spacial score (nSPS) is 20.1. The summed E-state index contributed by atoms with van der Waals surface area (Å²) < 4.78 is 5.57. The number of fused-ring (bicyclic) bond motifs is 1. The first-order chi connectivity index (χ1) is 9.33. The van der Waals surface area contributed by atoms with E-state index in [1.54, 1.807) is 6.07 Å². The zero-order chi connectivity index (χ0) is 13.1. The van der Waals surface area contributed by atoms with E-state index in [1.165, 1.54) is 6.42 Å². The summed E-state index contributed by atoms with van der Waals surface area (Å²) in [6, 6.07) is 9.66. The first kappa shape index (κ1) is 12.2. The van der Waals surface area contributed by atoms with Crippen molar-refractivity contribution in [3.63, 3.8) is 0 Å². The molecule has 4 heteroatoms. The van der Waals surface area contributed by atoms with E-state index in [-0.39, 0.29) is 11.9 Å². The molecule has 0 saturated carbocycles. The molecule has 1 aliphatic rings. The summed E-state index contributed by atoms with van der Waals surface area (Å²) in [4.78, 5) is 12.2. The molecule has 19 heavy (non-hydrogen) atoms. The quantitative estimate of drug-likeness (QED) is 0.869. The fourth-order valence-electron chi connectivity index (χ4n) is 2.49. The first-order valence-electron chi connectivity index (χ1n) is 6.83. The maximum atomic E-state index is 12.2. The second-order valence-electron chi connectivity index (χ2n) is 5.02. The fourth-order valence-corrected chi connectivity index (χ4v) is 2.49. The van der Waals surface area contributed by atoms with Crippen LogP contribution in [0.4, 0.5) is 0 Å². The third-order valence-electron chi connectivity index (χ3n) is 3.53. The van der Waals surface area contributed by atoms with Gasteiger partial charge in [0.1, 0.15) is 5.58 Å². The predicted molar refractivity (Wildman–Crippen MR) is 74.2 cm³/mol. The Balaban J connectivity index is 1.72. The number of carbonyl (C=O) groups excluding carboxylic acids is 1. The number of hydrogen-bond acceptors (Lipinski definition) is 3. The van der Waals surface area contributed by atoms with E-state index in [0.29, 0.717) is 5.76 Å². The summed E-state index contributed by atoms with van der Waals surface area (Å²) in [5, 5.41) is 7.34. The Labute approximate surface area is 112 Å².